The Morgan fingerprint density at radius 2 is 2.19 bits per heavy atom. The highest BCUT2D eigenvalue weighted by Crippen LogP contribution is 2.37. The van der Waals surface area contributed by atoms with Crippen LogP contribution in [-0.4, -0.2) is 6.04 Å². The zero-order chi connectivity index (χ0) is 15.0. The molecule has 1 fully saturated rings. The normalized spacial score (nSPS) is 16.0. The maximum atomic E-state index is 13.9. The summed E-state index contributed by atoms with van der Waals surface area (Å²) in [5.41, 5.74) is 10.1. The Kier molecular flexibility index (Phi) is 4.00. The van der Waals surface area contributed by atoms with Crippen LogP contribution in [0.3, 0.4) is 0 Å². The lowest BCUT2D eigenvalue weighted by atomic mass is 10.0. The molecule has 0 saturated heterocycles. The van der Waals surface area contributed by atoms with Crippen molar-refractivity contribution in [3.8, 4) is 0 Å². The fourth-order valence-electron chi connectivity index (χ4n) is 2.67. The molecule has 2 N–H and O–H groups in total. The Morgan fingerprint density at radius 3 is 2.76 bits per heavy atom. The van der Waals surface area contributed by atoms with Gasteiger partial charge in [0.25, 0.3) is 0 Å². The van der Waals surface area contributed by atoms with Crippen molar-refractivity contribution in [2.24, 2.45) is 5.73 Å². The van der Waals surface area contributed by atoms with Gasteiger partial charge in [-0.1, -0.05) is 0 Å². The molecule has 1 aliphatic carbocycles. The van der Waals surface area contributed by atoms with E-state index >= 15 is 0 Å². The topological polar surface area (TPSA) is 29.3 Å². The molecule has 0 unspecified atom stereocenters. The summed E-state index contributed by atoms with van der Waals surface area (Å²) in [5, 5.41) is 4.28. The van der Waals surface area contributed by atoms with E-state index in [0.29, 0.717) is 11.6 Å². The third-order valence-electron chi connectivity index (χ3n) is 4.03. The van der Waals surface area contributed by atoms with Gasteiger partial charge < -0.3 is 10.6 Å². The summed E-state index contributed by atoms with van der Waals surface area (Å²) < 4.78 is 13.9. The van der Waals surface area contributed by atoms with Crippen LogP contribution in [0.4, 0.5) is 10.1 Å². The lowest BCUT2D eigenvalue weighted by Crippen LogP contribution is -2.27. The maximum Gasteiger partial charge on any atom is 0.126 e. The number of nitrogens with zero attached hydrogens (tertiary/aromatic N) is 1. The fraction of sp³-hybridized carbons (Fsp3) is 0.412. The summed E-state index contributed by atoms with van der Waals surface area (Å²) in [6.45, 7) is 4.61. The minimum Gasteiger partial charge on any atom is -0.364 e. The second kappa shape index (κ2) is 5.78. The molecule has 3 rings (SSSR count). The lowest BCUT2D eigenvalue weighted by molar-refractivity contribution is 0.611. The summed E-state index contributed by atoms with van der Waals surface area (Å²) in [5.74, 6) is -0.169. The van der Waals surface area contributed by atoms with Gasteiger partial charge in [-0.3, -0.25) is 0 Å². The largest absolute Gasteiger partial charge is 0.364 e. The molecular weight excluding hydrogens is 283 g/mol. The number of aryl methyl sites for hydroxylation is 1. The Bertz CT molecular complexity index is 618. The van der Waals surface area contributed by atoms with E-state index in [1.54, 1.807) is 17.4 Å². The van der Waals surface area contributed by atoms with E-state index in [-0.39, 0.29) is 11.9 Å². The van der Waals surface area contributed by atoms with Crippen LogP contribution >= 0.6 is 11.3 Å². The molecule has 4 heteroatoms. The molecule has 1 heterocycles. The van der Waals surface area contributed by atoms with Crippen LogP contribution in [0.25, 0.3) is 0 Å². The molecule has 2 aromatic rings. The molecule has 0 radical (unpaired) electrons. The first-order chi connectivity index (χ1) is 10.1. The average molecular weight is 304 g/mol. The molecular formula is C17H21FN2S. The maximum absolute atomic E-state index is 13.9. The number of nitrogens with two attached hydrogens (primary N) is 1. The molecule has 0 spiro atoms. The van der Waals surface area contributed by atoms with E-state index in [4.69, 9.17) is 5.73 Å². The Balaban J connectivity index is 2.00. The van der Waals surface area contributed by atoms with Gasteiger partial charge in [0.2, 0.25) is 0 Å². The fourth-order valence-corrected chi connectivity index (χ4v) is 3.33. The monoisotopic (exact) mass is 304 g/mol. The third kappa shape index (κ3) is 3.11. The highest BCUT2D eigenvalue weighted by atomic mass is 32.1. The summed E-state index contributed by atoms with van der Waals surface area (Å²) in [6, 6.07) is 6.12. The van der Waals surface area contributed by atoms with Crippen molar-refractivity contribution in [1.82, 2.24) is 0 Å². The number of hydrogen-bond donors (Lipinski definition) is 1. The number of benzene rings is 1. The molecule has 1 aromatic heterocycles. The Labute approximate surface area is 129 Å². The number of anilines is 1. The predicted octanol–water partition coefficient (Wildman–Crippen LogP) is 4.38. The third-order valence-corrected chi connectivity index (χ3v) is 4.76. The molecule has 1 aliphatic rings. The number of thiophene rings is 1. The van der Waals surface area contributed by atoms with Gasteiger partial charge in [0.05, 0.1) is 0 Å². The van der Waals surface area contributed by atoms with Crippen molar-refractivity contribution >= 4 is 17.0 Å². The molecule has 112 valence electrons. The van der Waals surface area contributed by atoms with E-state index in [0.717, 1.165) is 17.8 Å². The molecule has 2 nitrogen and oxygen atoms in total. The summed E-state index contributed by atoms with van der Waals surface area (Å²) in [4.78, 5) is 2.40. The molecule has 1 atom stereocenters. The Morgan fingerprint density at radius 1 is 1.43 bits per heavy atom. The minimum atomic E-state index is -0.169. The van der Waals surface area contributed by atoms with Gasteiger partial charge in [-0.2, -0.15) is 11.3 Å². The predicted molar refractivity (Wildman–Crippen MR) is 87.3 cm³/mol. The van der Waals surface area contributed by atoms with Crippen LogP contribution in [0.2, 0.25) is 0 Å². The number of rotatable bonds is 5. The Hall–Kier alpha value is -1.39. The van der Waals surface area contributed by atoms with Gasteiger partial charge in [0.1, 0.15) is 5.82 Å². The number of hydrogen-bond acceptors (Lipinski definition) is 3. The van der Waals surface area contributed by atoms with Crippen LogP contribution in [0, 0.1) is 12.7 Å². The van der Waals surface area contributed by atoms with Gasteiger partial charge in [0.15, 0.2) is 0 Å². The van der Waals surface area contributed by atoms with Crippen molar-refractivity contribution in [3.63, 3.8) is 0 Å². The highest BCUT2D eigenvalue weighted by Gasteiger charge is 2.31. The first kappa shape index (κ1) is 14.5. The average Bonchev–Trinajstić information content (AvgIpc) is 3.15. The van der Waals surface area contributed by atoms with Crippen LogP contribution < -0.4 is 10.6 Å². The van der Waals surface area contributed by atoms with Gasteiger partial charge in [-0.05, 0) is 72.3 Å². The number of halogens is 1. The van der Waals surface area contributed by atoms with Crippen LogP contribution in [0.5, 0.6) is 0 Å². The van der Waals surface area contributed by atoms with Gasteiger partial charge >= 0.3 is 0 Å². The van der Waals surface area contributed by atoms with Gasteiger partial charge in [-0.15, -0.1) is 0 Å². The SMILES string of the molecule is Cc1cc(N(Cc2ccsc2)C2CC2)c([C@@H](C)N)cc1F. The van der Waals surface area contributed by atoms with Crippen LogP contribution in [0.15, 0.2) is 29.0 Å². The molecule has 0 aliphatic heterocycles. The zero-order valence-electron chi connectivity index (χ0n) is 12.5. The zero-order valence-corrected chi connectivity index (χ0v) is 13.3. The molecule has 0 bridgehead atoms. The summed E-state index contributed by atoms with van der Waals surface area (Å²) >= 11 is 1.71. The first-order valence-electron chi connectivity index (χ1n) is 7.39. The second-order valence-corrected chi connectivity index (χ2v) is 6.72. The quantitative estimate of drug-likeness (QED) is 0.888. The minimum absolute atomic E-state index is 0.168. The lowest BCUT2D eigenvalue weighted by Gasteiger charge is -2.28. The van der Waals surface area contributed by atoms with E-state index < -0.39 is 0 Å². The first-order valence-corrected chi connectivity index (χ1v) is 8.34. The van der Waals surface area contributed by atoms with Crippen molar-refractivity contribution in [2.75, 3.05) is 4.90 Å². The van der Waals surface area contributed by atoms with E-state index in [2.05, 4.69) is 21.7 Å². The van der Waals surface area contributed by atoms with E-state index in [1.165, 1.54) is 18.4 Å². The van der Waals surface area contributed by atoms with Crippen LogP contribution in [0.1, 0.15) is 42.5 Å². The van der Waals surface area contributed by atoms with Crippen molar-refractivity contribution < 1.29 is 4.39 Å². The molecule has 1 aromatic carbocycles. The van der Waals surface area contributed by atoms with Gasteiger partial charge in [0, 0.05) is 24.3 Å². The molecule has 21 heavy (non-hydrogen) atoms. The summed E-state index contributed by atoms with van der Waals surface area (Å²) in [6.07, 6.45) is 2.41. The van der Waals surface area contributed by atoms with E-state index in [1.807, 2.05) is 19.9 Å². The smallest absolute Gasteiger partial charge is 0.126 e. The molecule has 0 amide bonds. The van der Waals surface area contributed by atoms with E-state index in [9.17, 15) is 4.39 Å². The van der Waals surface area contributed by atoms with Gasteiger partial charge in [-0.25, -0.2) is 4.39 Å². The van der Waals surface area contributed by atoms with Crippen molar-refractivity contribution in [2.45, 2.75) is 45.3 Å². The van der Waals surface area contributed by atoms with Crippen molar-refractivity contribution in [1.29, 1.82) is 0 Å². The van der Waals surface area contributed by atoms with Crippen LogP contribution in [-0.2, 0) is 6.54 Å². The second-order valence-electron chi connectivity index (χ2n) is 5.94. The summed E-state index contributed by atoms with van der Waals surface area (Å²) in [7, 11) is 0. The highest BCUT2D eigenvalue weighted by molar-refractivity contribution is 7.07. The van der Waals surface area contributed by atoms with Crippen molar-refractivity contribution in [3.05, 3.63) is 51.5 Å². The standard InChI is InChI=1S/C17H21FN2S/c1-11-7-17(15(12(2)19)8-16(11)18)20(14-3-4-14)9-13-5-6-21-10-13/h5-8,10,12,14H,3-4,9,19H2,1-2H3/t12-/m1/s1. The molecule has 1 saturated carbocycles.